The lowest BCUT2D eigenvalue weighted by atomic mass is 10.1. The van der Waals surface area contributed by atoms with Crippen LogP contribution in [-0.2, 0) is 0 Å². The second-order valence-corrected chi connectivity index (χ2v) is 3.51. The zero-order chi connectivity index (χ0) is 8.27. The highest BCUT2D eigenvalue weighted by molar-refractivity contribution is 5.85. The van der Waals surface area contributed by atoms with Crippen LogP contribution in [0.15, 0.2) is 0 Å². The summed E-state index contributed by atoms with van der Waals surface area (Å²) in [5.41, 5.74) is 5.83. The molecule has 0 unspecified atom stereocenters. The molecule has 4 heteroatoms. The number of hydrogen-bond donors (Lipinski definition) is 1. The molecule has 1 fully saturated rings. The van der Waals surface area contributed by atoms with Gasteiger partial charge in [-0.1, -0.05) is 13.8 Å². The SMILES string of the molecule is CCC(CC)N1CC[C@H](N)C1.Cl.Cl. The van der Waals surface area contributed by atoms with Crippen molar-refractivity contribution >= 4 is 24.8 Å². The van der Waals surface area contributed by atoms with E-state index in [1.807, 2.05) is 0 Å². The Morgan fingerprint density at radius 1 is 1.31 bits per heavy atom. The van der Waals surface area contributed by atoms with Gasteiger partial charge in [0.15, 0.2) is 0 Å². The Balaban J connectivity index is 0. The van der Waals surface area contributed by atoms with Gasteiger partial charge in [0.1, 0.15) is 0 Å². The van der Waals surface area contributed by atoms with E-state index in [1.165, 1.54) is 25.8 Å². The number of hydrogen-bond acceptors (Lipinski definition) is 2. The summed E-state index contributed by atoms with van der Waals surface area (Å²) >= 11 is 0. The van der Waals surface area contributed by atoms with Crippen molar-refractivity contribution in [2.75, 3.05) is 13.1 Å². The summed E-state index contributed by atoms with van der Waals surface area (Å²) in [5, 5.41) is 0. The molecule has 0 aromatic heterocycles. The number of nitrogens with two attached hydrogens (primary N) is 1. The van der Waals surface area contributed by atoms with Crippen molar-refractivity contribution in [2.45, 2.75) is 45.2 Å². The Bertz CT molecular complexity index is 118. The van der Waals surface area contributed by atoms with E-state index in [1.54, 1.807) is 0 Å². The molecule has 0 aliphatic carbocycles. The summed E-state index contributed by atoms with van der Waals surface area (Å²) in [6, 6.07) is 1.22. The van der Waals surface area contributed by atoms with Gasteiger partial charge in [0.25, 0.3) is 0 Å². The molecule has 0 aromatic carbocycles. The monoisotopic (exact) mass is 228 g/mol. The fourth-order valence-corrected chi connectivity index (χ4v) is 1.95. The van der Waals surface area contributed by atoms with Crippen molar-refractivity contribution < 1.29 is 0 Å². The third-order valence-corrected chi connectivity index (χ3v) is 2.72. The van der Waals surface area contributed by atoms with Gasteiger partial charge in [-0.3, -0.25) is 4.90 Å². The quantitative estimate of drug-likeness (QED) is 0.802. The summed E-state index contributed by atoms with van der Waals surface area (Å²) < 4.78 is 0. The summed E-state index contributed by atoms with van der Waals surface area (Å²) in [6.45, 7) is 6.86. The van der Waals surface area contributed by atoms with E-state index >= 15 is 0 Å². The van der Waals surface area contributed by atoms with Crippen molar-refractivity contribution in [2.24, 2.45) is 5.73 Å². The summed E-state index contributed by atoms with van der Waals surface area (Å²) in [6.07, 6.45) is 3.73. The fraction of sp³-hybridized carbons (Fsp3) is 1.00. The van der Waals surface area contributed by atoms with Crippen molar-refractivity contribution in [3.05, 3.63) is 0 Å². The van der Waals surface area contributed by atoms with Gasteiger partial charge in [-0.15, -0.1) is 24.8 Å². The number of rotatable bonds is 3. The van der Waals surface area contributed by atoms with Crippen LogP contribution < -0.4 is 5.73 Å². The molecule has 2 N–H and O–H groups in total. The van der Waals surface area contributed by atoms with Crippen molar-refractivity contribution in [3.8, 4) is 0 Å². The average molecular weight is 229 g/mol. The van der Waals surface area contributed by atoms with Crippen LogP contribution in [0.3, 0.4) is 0 Å². The lowest BCUT2D eigenvalue weighted by Gasteiger charge is -2.25. The number of likely N-dealkylation sites (tertiary alicyclic amines) is 1. The maximum atomic E-state index is 5.83. The lowest BCUT2D eigenvalue weighted by molar-refractivity contribution is 0.227. The molecule has 1 heterocycles. The van der Waals surface area contributed by atoms with Gasteiger partial charge in [-0.25, -0.2) is 0 Å². The first-order valence-electron chi connectivity index (χ1n) is 4.77. The molecule has 1 aliphatic heterocycles. The van der Waals surface area contributed by atoms with Crippen LogP contribution in [0.5, 0.6) is 0 Å². The second-order valence-electron chi connectivity index (χ2n) is 3.51. The van der Waals surface area contributed by atoms with Gasteiger partial charge in [-0.05, 0) is 19.3 Å². The third-order valence-electron chi connectivity index (χ3n) is 2.72. The summed E-state index contributed by atoms with van der Waals surface area (Å²) in [4.78, 5) is 2.53. The molecule has 0 aromatic rings. The second kappa shape index (κ2) is 7.86. The highest BCUT2D eigenvalue weighted by Gasteiger charge is 2.23. The molecular formula is C9H22Cl2N2. The van der Waals surface area contributed by atoms with Crippen LogP contribution in [0.2, 0.25) is 0 Å². The number of nitrogens with zero attached hydrogens (tertiary/aromatic N) is 1. The molecule has 13 heavy (non-hydrogen) atoms. The molecule has 0 bridgehead atoms. The van der Waals surface area contributed by atoms with Crippen LogP contribution in [0.25, 0.3) is 0 Å². The van der Waals surface area contributed by atoms with Gasteiger partial charge in [0.2, 0.25) is 0 Å². The van der Waals surface area contributed by atoms with Crippen LogP contribution in [-0.4, -0.2) is 30.1 Å². The zero-order valence-electron chi connectivity index (χ0n) is 8.53. The van der Waals surface area contributed by atoms with Crippen LogP contribution >= 0.6 is 24.8 Å². The van der Waals surface area contributed by atoms with Gasteiger partial charge in [0.05, 0.1) is 0 Å². The molecule has 0 spiro atoms. The minimum Gasteiger partial charge on any atom is -0.326 e. The van der Waals surface area contributed by atoms with Crippen molar-refractivity contribution in [1.29, 1.82) is 0 Å². The molecule has 0 saturated carbocycles. The fourth-order valence-electron chi connectivity index (χ4n) is 1.95. The average Bonchev–Trinajstić information content (AvgIpc) is 2.39. The van der Waals surface area contributed by atoms with E-state index in [4.69, 9.17) is 5.73 Å². The van der Waals surface area contributed by atoms with Crippen LogP contribution in [0, 0.1) is 0 Å². The Hall–Kier alpha value is 0.500. The Kier molecular flexibility index (Phi) is 9.65. The normalized spacial score (nSPS) is 22.6. The molecule has 0 amide bonds. The zero-order valence-corrected chi connectivity index (χ0v) is 10.2. The molecule has 82 valence electrons. The highest BCUT2D eigenvalue weighted by Crippen LogP contribution is 2.15. The van der Waals surface area contributed by atoms with Crippen LogP contribution in [0.1, 0.15) is 33.1 Å². The van der Waals surface area contributed by atoms with Crippen molar-refractivity contribution in [3.63, 3.8) is 0 Å². The first-order chi connectivity index (χ1) is 5.27. The van der Waals surface area contributed by atoms with E-state index in [0.717, 1.165) is 12.6 Å². The summed E-state index contributed by atoms with van der Waals surface area (Å²) in [7, 11) is 0. The van der Waals surface area contributed by atoms with Gasteiger partial charge < -0.3 is 5.73 Å². The molecule has 1 saturated heterocycles. The predicted octanol–water partition coefficient (Wildman–Crippen LogP) is 2.05. The van der Waals surface area contributed by atoms with Gasteiger partial charge >= 0.3 is 0 Å². The Morgan fingerprint density at radius 3 is 2.15 bits per heavy atom. The topological polar surface area (TPSA) is 29.3 Å². The largest absolute Gasteiger partial charge is 0.326 e. The van der Waals surface area contributed by atoms with E-state index in [2.05, 4.69) is 18.7 Å². The van der Waals surface area contributed by atoms with Gasteiger partial charge in [0, 0.05) is 25.2 Å². The number of halogens is 2. The molecule has 1 rings (SSSR count). The predicted molar refractivity (Wildman–Crippen MR) is 63.0 cm³/mol. The molecule has 1 aliphatic rings. The smallest absolute Gasteiger partial charge is 0.0180 e. The first-order valence-corrected chi connectivity index (χ1v) is 4.77. The first kappa shape index (κ1) is 15.9. The molecular weight excluding hydrogens is 207 g/mol. The van der Waals surface area contributed by atoms with E-state index in [9.17, 15) is 0 Å². The van der Waals surface area contributed by atoms with E-state index in [-0.39, 0.29) is 24.8 Å². The summed E-state index contributed by atoms with van der Waals surface area (Å²) in [5.74, 6) is 0. The maximum Gasteiger partial charge on any atom is 0.0180 e. The molecule has 1 atom stereocenters. The maximum absolute atomic E-state index is 5.83. The Morgan fingerprint density at radius 2 is 1.85 bits per heavy atom. The van der Waals surface area contributed by atoms with E-state index in [0.29, 0.717) is 6.04 Å². The molecule has 0 radical (unpaired) electrons. The minimum absolute atomic E-state index is 0. The minimum atomic E-state index is 0. The highest BCUT2D eigenvalue weighted by atomic mass is 35.5. The van der Waals surface area contributed by atoms with Gasteiger partial charge in [-0.2, -0.15) is 0 Å². The van der Waals surface area contributed by atoms with Crippen LogP contribution in [0.4, 0.5) is 0 Å². The lowest BCUT2D eigenvalue weighted by Crippen LogP contribution is -2.34. The van der Waals surface area contributed by atoms with E-state index < -0.39 is 0 Å². The third kappa shape index (κ3) is 4.50. The standard InChI is InChI=1S/C9H20N2.2ClH/c1-3-9(4-2)11-6-5-8(10)7-11;;/h8-9H,3-7,10H2,1-2H3;2*1H/t8-;;/m0../s1. The molecule has 2 nitrogen and oxygen atoms in total. The van der Waals surface area contributed by atoms with Crippen molar-refractivity contribution in [1.82, 2.24) is 4.90 Å². The Labute approximate surface area is 94.1 Å².